The molecule has 1 heterocycles. The molecule has 0 saturated heterocycles. The molecule has 0 saturated carbocycles. The van der Waals surface area contributed by atoms with E-state index in [1.54, 1.807) is 30.3 Å². The van der Waals surface area contributed by atoms with E-state index in [1.807, 2.05) is 19.1 Å². The number of aryl methyl sites for hydroxylation is 1. The highest BCUT2D eigenvalue weighted by Crippen LogP contribution is 2.29. The fourth-order valence-corrected chi connectivity index (χ4v) is 2.65. The number of phenols is 1. The van der Waals surface area contributed by atoms with Gasteiger partial charge in [-0.15, -0.1) is 0 Å². The third-order valence-electron chi connectivity index (χ3n) is 3.28. The summed E-state index contributed by atoms with van der Waals surface area (Å²) >= 11 is 3.42. The van der Waals surface area contributed by atoms with E-state index in [4.69, 9.17) is 4.42 Å². The fraction of sp³-hybridized carbons (Fsp3) is 0.0625. The molecule has 3 nitrogen and oxygen atoms in total. The molecule has 0 atom stereocenters. The van der Waals surface area contributed by atoms with Crippen LogP contribution in [0.5, 0.6) is 5.75 Å². The fourth-order valence-electron chi connectivity index (χ4n) is 2.29. The van der Waals surface area contributed by atoms with Crippen LogP contribution in [0.2, 0.25) is 0 Å². The summed E-state index contributed by atoms with van der Waals surface area (Å²) in [5.74, 6) is 0.166. The SMILES string of the molecule is Cc1c(-c2ccc(O)cc2)c(=O)oc2ccc(Br)cc12. The van der Waals surface area contributed by atoms with Gasteiger partial charge in [0.2, 0.25) is 0 Å². The summed E-state index contributed by atoms with van der Waals surface area (Å²) in [5, 5.41) is 10.2. The Balaban J connectivity index is 2.35. The largest absolute Gasteiger partial charge is 0.508 e. The molecular weight excluding hydrogens is 320 g/mol. The van der Waals surface area contributed by atoms with Crippen molar-refractivity contribution in [1.82, 2.24) is 0 Å². The molecule has 3 aromatic rings. The number of aromatic hydroxyl groups is 1. The van der Waals surface area contributed by atoms with Crippen molar-refractivity contribution >= 4 is 26.9 Å². The summed E-state index contributed by atoms with van der Waals surface area (Å²) < 4.78 is 6.30. The van der Waals surface area contributed by atoms with Crippen molar-refractivity contribution in [3.05, 3.63) is 62.9 Å². The molecule has 3 rings (SSSR count). The molecule has 0 aliphatic rings. The Kier molecular flexibility index (Phi) is 3.10. The third-order valence-corrected chi connectivity index (χ3v) is 3.78. The van der Waals surface area contributed by atoms with E-state index in [1.165, 1.54) is 0 Å². The summed E-state index contributed by atoms with van der Waals surface area (Å²) in [6.07, 6.45) is 0. The molecule has 0 radical (unpaired) electrons. The van der Waals surface area contributed by atoms with Gasteiger partial charge < -0.3 is 9.52 Å². The standard InChI is InChI=1S/C16H11BrO3/c1-9-13-8-11(17)4-7-14(13)20-16(19)15(9)10-2-5-12(18)6-3-10/h2-8,18H,1H3. The summed E-state index contributed by atoms with van der Waals surface area (Å²) in [6.45, 7) is 1.90. The van der Waals surface area contributed by atoms with Crippen LogP contribution >= 0.6 is 15.9 Å². The molecule has 0 spiro atoms. The Morgan fingerprint density at radius 3 is 2.50 bits per heavy atom. The van der Waals surface area contributed by atoms with Gasteiger partial charge in [-0.2, -0.15) is 0 Å². The highest BCUT2D eigenvalue weighted by atomic mass is 79.9. The quantitative estimate of drug-likeness (QED) is 0.679. The summed E-state index contributed by atoms with van der Waals surface area (Å²) in [5.41, 5.74) is 2.32. The third kappa shape index (κ3) is 2.12. The molecule has 0 aliphatic heterocycles. The Morgan fingerprint density at radius 1 is 1.10 bits per heavy atom. The molecule has 0 amide bonds. The van der Waals surface area contributed by atoms with Crippen LogP contribution in [-0.2, 0) is 0 Å². The second-order valence-corrected chi connectivity index (χ2v) is 5.49. The van der Waals surface area contributed by atoms with Crippen molar-refractivity contribution in [2.75, 3.05) is 0 Å². The van der Waals surface area contributed by atoms with Crippen molar-refractivity contribution in [2.24, 2.45) is 0 Å². The second kappa shape index (κ2) is 4.80. The van der Waals surface area contributed by atoms with Gasteiger partial charge >= 0.3 is 5.63 Å². The minimum atomic E-state index is -0.372. The first kappa shape index (κ1) is 12.9. The Labute approximate surface area is 123 Å². The Morgan fingerprint density at radius 2 is 1.80 bits per heavy atom. The van der Waals surface area contributed by atoms with Crippen LogP contribution in [0, 0.1) is 6.92 Å². The average molecular weight is 331 g/mol. The highest BCUT2D eigenvalue weighted by Gasteiger charge is 2.13. The normalized spacial score (nSPS) is 10.9. The molecule has 20 heavy (non-hydrogen) atoms. The number of benzene rings is 2. The van der Waals surface area contributed by atoms with Gasteiger partial charge in [0.25, 0.3) is 0 Å². The van der Waals surface area contributed by atoms with Crippen molar-refractivity contribution in [2.45, 2.75) is 6.92 Å². The zero-order valence-corrected chi connectivity index (χ0v) is 12.3. The van der Waals surface area contributed by atoms with Gasteiger partial charge in [0.1, 0.15) is 11.3 Å². The second-order valence-electron chi connectivity index (χ2n) is 4.58. The van der Waals surface area contributed by atoms with E-state index in [9.17, 15) is 9.90 Å². The van der Waals surface area contributed by atoms with E-state index in [-0.39, 0.29) is 11.4 Å². The number of hydrogen-bond acceptors (Lipinski definition) is 3. The first-order valence-corrected chi connectivity index (χ1v) is 6.88. The molecule has 0 aliphatic carbocycles. The molecule has 0 fully saturated rings. The summed E-state index contributed by atoms with van der Waals surface area (Å²) in [7, 11) is 0. The van der Waals surface area contributed by atoms with Gasteiger partial charge in [-0.05, 0) is 48.4 Å². The summed E-state index contributed by atoms with van der Waals surface area (Å²) in [6, 6.07) is 12.1. The van der Waals surface area contributed by atoms with Crippen molar-refractivity contribution in [3.8, 4) is 16.9 Å². The minimum Gasteiger partial charge on any atom is -0.508 e. The van der Waals surface area contributed by atoms with Gasteiger partial charge in [0.05, 0.1) is 5.56 Å². The van der Waals surface area contributed by atoms with Crippen molar-refractivity contribution < 1.29 is 9.52 Å². The van der Waals surface area contributed by atoms with Crippen LogP contribution < -0.4 is 5.63 Å². The summed E-state index contributed by atoms with van der Waals surface area (Å²) in [4.78, 5) is 12.2. The monoisotopic (exact) mass is 330 g/mol. The van der Waals surface area contributed by atoms with E-state index < -0.39 is 0 Å². The predicted octanol–water partition coefficient (Wildman–Crippen LogP) is 4.24. The van der Waals surface area contributed by atoms with Gasteiger partial charge in [-0.25, -0.2) is 4.79 Å². The molecular formula is C16H11BrO3. The van der Waals surface area contributed by atoms with Crippen LogP contribution in [0.15, 0.2) is 56.1 Å². The first-order chi connectivity index (χ1) is 9.56. The highest BCUT2D eigenvalue weighted by molar-refractivity contribution is 9.10. The minimum absolute atomic E-state index is 0.166. The topological polar surface area (TPSA) is 50.4 Å². The lowest BCUT2D eigenvalue weighted by Crippen LogP contribution is -2.05. The maximum atomic E-state index is 12.2. The van der Waals surface area contributed by atoms with Gasteiger partial charge in [-0.1, -0.05) is 28.1 Å². The molecule has 1 N–H and O–H groups in total. The van der Waals surface area contributed by atoms with Crippen molar-refractivity contribution in [3.63, 3.8) is 0 Å². The molecule has 4 heteroatoms. The first-order valence-electron chi connectivity index (χ1n) is 6.08. The number of halogens is 1. The van der Waals surface area contributed by atoms with Gasteiger partial charge in [-0.3, -0.25) is 0 Å². The Hall–Kier alpha value is -2.07. The number of hydrogen-bond donors (Lipinski definition) is 1. The number of phenolic OH excluding ortho intramolecular Hbond substituents is 1. The molecule has 0 bridgehead atoms. The molecule has 1 aromatic heterocycles. The van der Waals surface area contributed by atoms with E-state index in [0.717, 1.165) is 21.0 Å². The lowest BCUT2D eigenvalue weighted by molar-refractivity contribution is 0.475. The molecule has 2 aromatic carbocycles. The lowest BCUT2D eigenvalue weighted by atomic mass is 10.00. The van der Waals surface area contributed by atoms with E-state index in [2.05, 4.69) is 15.9 Å². The van der Waals surface area contributed by atoms with Crippen LogP contribution in [0.25, 0.3) is 22.1 Å². The van der Waals surface area contributed by atoms with Crippen LogP contribution in [-0.4, -0.2) is 5.11 Å². The molecule has 100 valence electrons. The van der Waals surface area contributed by atoms with E-state index in [0.29, 0.717) is 11.1 Å². The zero-order valence-electron chi connectivity index (χ0n) is 10.7. The lowest BCUT2D eigenvalue weighted by Gasteiger charge is -2.08. The maximum Gasteiger partial charge on any atom is 0.344 e. The van der Waals surface area contributed by atoms with E-state index >= 15 is 0 Å². The van der Waals surface area contributed by atoms with Crippen LogP contribution in [0.4, 0.5) is 0 Å². The van der Waals surface area contributed by atoms with Gasteiger partial charge in [0.15, 0.2) is 0 Å². The van der Waals surface area contributed by atoms with Crippen LogP contribution in [0.1, 0.15) is 5.56 Å². The van der Waals surface area contributed by atoms with Crippen LogP contribution in [0.3, 0.4) is 0 Å². The zero-order chi connectivity index (χ0) is 14.3. The predicted molar refractivity (Wildman–Crippen MR) is 82.0 cm³/mol. The smallest absolute Gasteiger partial charge is 0.344 e. The average Bonchev–Trinajstić information content (AvgIpc) is 2.42. The number of rotatable bonds is 1. The number of fused-ring (bicyclic) bond motifs is 1. The Bertz CT molecular complexity index is 848. The molecule has 0 unspecified atom stereocenters. The van der Waals surface area contributed by atoms with Crippen molar-refractivity contribution in [1.29, 1.82) is 0 Å². The van der Waals surface area contributed by atoms with Gasteiger partial charge in [0, 0.05) is 9.86 Å². The maximum absolute atomic E-state index is 12.2.